The normalized spacial score (nSPS) is 18.6. The fourth-order valence-corrected chi connectivity index (χ4v) is 2.42. The third-order valence-corrected chi connectivity index (χ3v) is 3.65. The lowest BCUT2D eigenvalue weighted by molar-refractivity contribution is -0.145. The lowest BCUT2D eigenvalue weighted by atomic mass is 9.90. The summed E-state index contributed by atoms with van der Waals surface area (Å²) in [6.07, 6.45) is 2.36. The summed E-state index contributed by atoms with van der Waals surface area (Å²) in [6, 6.07) is -0.814. The summed E-state index contributed by atoms with van der Waals surface area (Å²) in [5, 5.41) is 11.8. The van der Waals surface area contributed by atoms with Crippen LogP contribution in [0.15, 0.2) is 0 Å². The summed E-state index contributed by atoms with van der Waals surface area (Å²) >= 11 is 0. The molecule has 110 valence electrons. The van der Waals surface area contributed by atoms with Crippen LogP contribution in [0, 0.1) is 11.3 Å². The van der Waals surface area contributed by atoms with Gasteiger partial charge in [0.15, 0.2) is 0 Å². The molecule has 5 nitrogen and oxygen atoms in total. The van der Waals surface area contributed by atoms with Gasteiger partial charge in [0.2, 0.25) is 5.91 Å². The molecule has 1 unspecified atom stereocenters. The highest BCUT2D eigenvalue weighted by atomic mass is 16.4. The Morgan fingerprint density at radius 3 is 2.21 bits per heavy atom. The Morgan fingerprint density at radius 2 is 1.79 bits per heavy atom. The number of nitrogens with zero attached hydrogens (tertiary/aromatic N) is 1. The summed E-state index contributed by atoms with van der Waals surface area (Å²) in [4.78, 5) is 25.7. The van der Waals surface area contributed by atoms with Crippen molar-refractivity contribution in [3.05, 3.63) is 0 Å². The number of nitrogens with one attached hydrogen (secondary N) is 1. The number of amides is 1. The number of carboxylic acids is 1. The van der Waals surface area contributed by atoms with Gasteiger partial charge in [0.05, 0.1) is 5.41 Å². The van der Waals surface area contributed by atoms with Crippen molar-refractivity contribution < 1.29 is 14.7 Å². The zero-order valence-electron chi connectivity index (χ0n) is 12.4. The molecular weight excluding hydrogens is 244 g/mol. The largest absolute Gasteiger partial charge is 0.480 e. The van der Waals surface area contributed by atoms with Gasteiger partial charge in [0, 0.05) is 6.54 Å². The Kier molecular flexibility index (Phi) is 5.35. The molecule has 1 amide bonds. The fourth-order valence-electron chi connectivity index (χ4n) is 2.42. The highest BCUT2D eigenvalue weighted by molar-refractivity contribution is 5.87. The second-order valence-electron chi connectivity index (χ2n) is 6.40. The lowest BCUT2D eigenvalue weighted by Crippen LogP contribution is -2.51. The number of hydrogen-bond acceptors (Lipinski definition) is 3. The molecule has 1 rings (SSSR count). The summed E-state index contributed by atoms with van der Waals surface area (Å²) in [6.45, 7) is 10.1. The molecule has 2 N–H and O–H groups in total. The van der Waals surface area contributed by atoms with Crippen LogP contribution in [0.4, 0.5) is 0 Å². The number of carboxylic acid groups (broad SMARTS) is 1. The molecule has 1 heterocycles. The second kappa shape index (κ2) is 6.37. The molecule has 1 atom stereocenters. The second-order valence-corrected chi connectivity index (χ2v) is 6.40. The van der Waals surface area contributed by atoms with E-state index < -0.39 is 17.4 Å². The molecule has 19 heavy (non-hydrogen) atoms. The van der Waals surface area contributed by atoms with E-state index >= 15 is 0 Å². The van der Waals surface area contributed by atoms with Crippen LogP contribution in [0.1, 0.15) is 40.5 Å². The average molecular weight is 270 g/mol. The fraction of sp³-hybridized carbons (Fsp3) is 0.857. The molecule has 1 aliphatic heterocycles. The van der Waals surface area contributed by atoms with Crippen molar-refractivity contribution in [3.8, 4) is 0 Å². The van der Waals surface area contributed by atoms with Crippen LogP contribution in [0.2, 0.25) is 0 Å². The average Bonchev–Trinajstić information content (AvgIpc) is 2.76. The van der Waals surface area contributed by atoms with E-state index in [0.29, 0.717) is 6.54 Å². The van der Waals surface area contributed by atoms with Crippen molar-refractivity contribution in [1.29, 1.82) is 0 Å². The summed E-state index contributed by atoms with van der Waals surface area (Å²) in [5.41, 5.74) is -0.563. The molecule has 0 radical (unpaired) electrons. The van der Waals surface area contributed by atoms with E-state index in [2.05, 4.69) is 10.2 Å². The van der Waals surface area contributed by atoms with Crippen molar-refractivity contribution in [2.45, 2.75) is 46.6 Å². The minimum absolute atomic E-state index is 0.121. The van der Waals surface area contributed by atoms with Crippen LogP contribution in [0.3, 0.4) is 0 Å². The number of hydrogen-bond donors (Lipinski definition) is 2. The number of carbonyl (C=O) groups is 2. The molecular formula is C14H26N2O3. The van der Waals surface area contributed by atoms with Gasteiger partial charge in [0.25, 0.3) is 0 Å². The van der Waals surface area contributed by atoms with Crippen molar-refractivity contribution >= 4 is 11.9 Å². The van der Waals surface area contributed by atoms with E-state index in [9.17, 15) is 9.59 Å². The first-order valence-electron chi connectivity index (χ1n) is 7.00. The predicted octanol–water partition coefficient (Wildman–Crippen LogP) is 1.33. The first-order chi connectivity index (χ1) is 8.74. The Labute approximate surface area is 115 Å². The van der Waals surface area contributed by atoms with Gasteiger partial charge < -0.3 is 15.3 Å². The molecule has 5 heteroatoms. The smallest absolute Gasteiger partial charge is 0.326 e. The van der Waals surface area contributed by atoms with Crippen LogP contribution >= 0.6 is 0 Å². The molecule has 0 bridgehead atoms. The molecule has 1 aliphatic rings. The summed E-state index contributed by atoms with van der Waals surface area (Å²) < 4.78 is 0. The number of likely N-dealkylation sites (tertiary alicyclic amines) is 1. The topological polar surface area (TPSA) is 69.6 Å². The van der Waals surface area contributed by atoms with Crippen LogP contribution in [-0.4, -0.2) is 47.6 Å². The minimum atomic E-state index is -0.972. The van der Waals surface area contributed by atoms with Crippen molar-refractivity contribution in [2.24, 2.45) is 11.3 Å². The third-order valence-electron chi connectivity index (χ3n) is 3.65. The van der Waals surface area contributed by atoms with Gasteiger partial charge in [-0.25, -0.2) is 4.79 Å². The predicted molar refractivity (Wildman–Crippen MR) is 73.9 cm³/mol. The first-order valence-corrected chi connectivity index (χ1v) is 7.00. The van der Waals surface area contributed by atoms with Gasteiger partial charge in [0.1, 0.15) is 6.04 Å². The van der Waals surface area contributed by atoms with Gasteiger partial charge in [-0.2, -0.15) is 0 Å². The molecule has 0 saturated carbocycles. The Hall–Kier alpha value is -1.10. The zero-order chi connectivity index (χ0) is 14.6. The third kappa shape index (κ3) is 4.49. The quantitative estimate of drug-likeness (QED) is 0.764. The molecule has 0 aromatic rings. The number of carbonyl (C=O) groups excluding carboxylic acids is 1. The minimum Gasteiger partial charge on any atom is -0.480 e. The number of aliphatic carboxylic acids is 1. The SMILES string of the molecule is CC(C)C(NC(=O)C(C)(C)CN1CCCC1)C(=O)O. The first kappa shape index (κ1) is 16.0. The van der Waals surface area contributed by atoms with E-state index in [0.717, 1.165) is 13.1 Å². The zero-order valence-corrected chi connectivity index (χ0v) is 12.4. The van der Waals surface area contributed by atoms with Gasteiger partial charge >= 0.3 is 5.97 Å². The van der Waals surface area contributed by atoms with Gasteiger partial charge in [-0.15, -0.1) is 0 Å². The molecule has 0 aromatic heterocycles. The highest BCUT2D eigenvalue weighted by Gasteiger charge is 2.34. The molecule has 1 fully saturated rings. The lowest BCUT2D eigenvalue weighted by Gasteiger charge is -2.30. The van der Waals surface area contributed by atoms with E-state index in [1.807, 2.05) is 13.8 Å². The van der Waals surface area contributed by atoms with Crippen molar-refractivity contribution in [1.82, 2.24) is 10.2 Å². The van der Waals surface area contributed by atoms with E-state index in [1.165, 1.54) is 12.8 Å². The van der Waals surface area contributed by atoms with E-state index in [4.69, 9.17) is 5.11 Å². The highest BCUT2D eigenvalue weighted by Crippen LogP contribution is 2.21. The molecule has 0 aromatic carbocycles. The van der Waals surface area contributed by atoms with Crippen LogP contribution < -0.4 is 5.32 Å². The maximum absolute atomic E-state index is 12.3. The van der Waals surface area contributed by atoms with E-state index in [-0.39, 0.29) is 11.8 Å². The van der Waals surface area contributed by atoms with Crippen molar-refractivity contribution in [3.63, 3.8) is 0 Å². The molecule has 0 aliphatic carbocycles. The van der Waals surface area contributed by atoms with Crippen LogP contribution in [-0.2, 0) is 9.59 Å². The van der Waals surface area contributed by atoms with Crippen LogP contribution in [0.5, 0.6) is 0 Å². The Balaban J connectivity index is 2.60. The van der Waals surface area contributed by atoms with Crippen LogP contribution in [0.25, 0.3) is 0 Å². The Bertz CT molecular complexity index is 334. The monoisotopic (exact) mass is 270 g/mol. The molecule has 0 spiro atoms. The van der Waals surface area contributed by atoms with E-state index in [1.54, 1.807) is 13.8 Å². The van der Waals surface area contributed by atoms with Gasteiger partial charge in [-0.1, -0.05) is 13.8 Å². The van der Waals surface area contributed by atoms with Gasteiger partial charge in [-0.3, -0.25) is 4.79 Å². The Morgan fingerprint density at radius 1 is 1.26 bits per heavy atom. The number of rotatable bonds is 6. The van der Waals surface area contributed by atoms with Crippen molar-refractivity contribution in [2.75, 3.05) is 19.6 Å². The summed E-state index contributed by atoms with van der Waals surface area (Å²) in [7, 11) is 0. The standard InChI is InChI=1S/C14H26N2O3/c1-10(2)11(12(17)18)15-13(19)14(3,4)9-16-7-5-6-8-16/h10-11H,5-9H2,1-4H3,(H,15,19)(H,17,18). The maximum atomic E-state index is 12.3. The molecule has 1 saturated heterocycles. The maximum Gasteiger partial charge on any atom is 0.326 e. The summed E-state index contributed by atoms with van der Waals surface area (Å²) in [5.74, 6) is -1.27. The van der Waals surface area contributed by atoms with Gasteiger partial charge in [-0.05, 0) is 45.7 Å².